The van der Waals surface area contributed by atoms with Crippen LogP contribution in [-0.2, 0) is 0 Å². The molecule has 0 aromatic heterocycles. The molecule has 0 aliphatic carbocycles. The average molecular weight is 223 g/mol. The number of aliphatic hydroxyl groups is 1. The minimum absolute atomic E-state index is 0.349. The van der Waals surface area contributed by atoms with Crippen LogP contribution in [0, 0.1) is 5.92 Å². The van der Waals surface area contributed by atoms with Crippen LogP contribution in [0.2, 0.25) is 0 Å². The molecular formula is C13H21NO2. The third-order valence-electron chi connectivity index (χ3n) is 2.58. The molecule has 0 radical (unpaired) electrons. The second-order valence-corrected chi connectivity index (χ2v) is 4.20. The lowest BCUT2D eigenvalue weighted by atomic mass is 10.0. The molecule has 0 saturated carbocycles. The number of hydrogen-bond acceptors (Lipinski definition) is 3. The minimum atomic E-state index is -0.408. The van der Waals surface area contributed by atoms with Crippen molar-refractivity contribution in [2.45, 2.75) is 25.9 Å². The molecule has 3 N–H and O–H groups in total. The zero-order valence-corrected chi connectivity index (χ0v) is 9.80. The first-order chi connectivity index (χ1) is 7.72. The molecule has 2 unspecified atom stereocenters. The maximum atomic E-state index is 9.69. The molecule has 0 bridgehead atoms. The number of hydrogen-bond donors (Lipinski definition) is 2. The van der Waals surface area contributed by atoms with Gasteiger partial charge in [-0.25, -0.2) is 0 Å². The van der Waals surface area contributed by atoms with Crippen molar-refractivity contribution < 1.29 is 9.84 Å². The number of ether oxygens (including phenoxy) is 1. The van der Waals surface area contributed by atoms with Gasteiger partial charge in [-0.05, 0) is 37.4 Å². The Morgan fingerprint density at radius 3 is 2.56 bits per heavy atom. The van der Waals surface area contributed by atoms with Gasteiger partial charge in [-0.1, -0.05) is 25.1 Å². The number of aliphatic hydroxyl groups excluding tert-OH is 1. The van der Waals surface area contributed by atoms with Gasteiger partial charge in [-0.2, -0.15) is 0 Å². The largest absolute Gasteiger partial charge is 0.491 e. The molecule has 3 heteroatoms. The summed E-state index contributed by atoms with van der Waals surface area (Å²) in [6, 6.07) is 9.53. The fourth-order valence-electron chi connectivity index (χ4n) is 1.39. The number of benzene rings is 1. The molecule has 3 nitrogen and oxygen atoms in total. The third kappa shape index (κ3) is 5.14. The summed E-state index contributed by atoms with van der Waals surface area (Å²) in [5.41, 5.74) is 5.51. The molecule has 2 atom stereocenters. The topological polar surface area (TPSA) is 55.5 Å². The predicted molar refractivity (Wildman–Crippen MR) is 65.4 cm³/mol. The SMILES string of the molecule is CC(CN)CCC(O)COc1ccccc1. The zero-order chi connectivity index (χ0) is 11.8. The van der Waals surface area contributed by atoms with Crippen molar-refractivity contribution in [1.29, 1.82) is 0 Å². The molecule has 0 aliphatic rings. The van der Waals surface area contributed by atoms with Gasteiger partial charge in [-0.15, -0.1) is 0 Å². The third-order valence-corrected chi connectivity index (χ3v) is 2.58. The Bertz CT molecular complexity index is 277. The summed E-state index contributed by atoms with van der Waals surface area (Å²) in [5.74, 6) is 1.26. The lowest BCUT2D eigenvalue weighted by molar-refractivity contribution is 0.0947. The van der Waals surface area contributed by atoms with E-state index in [9.17, 15) is 5.11 Å². The van der Waals surface area contributed by atoms with E-state index in [2.05, 4.69) is 6.92 Å². The van der Waals surface area contributed by atoms with Crippen LogP contribution >= 0.6 is 0 Å². The van der Waals surface area contributed by atoms with E-state index in [-0.39, 0.29) is 0 Å². The van der Waals surface area contributed by atoms with E-state index in [4.69, 9.17) is 10.5 Å². The molecular weight excluding hydrogens is 202 g/mol. The monoisotopic (exact) mass is 223 g/mol. The van der Waals surface area contributed by atoms with Crippen LogP contribution in [0.3, 0.4) is 0 Å². The van der Waals surface area contributed by atoms with Gasteiger partial charge in [0.15, 0.2) is 0 Å². The molecule has 1 rings (SSSR count). The van der Waals surface area contributed by atoms with Crippen LogP contribution in [0.5, 0.6) is 5.75 Å². The predicted octanol–water partition coefficient (Wildman–Crippen LogP) is 1.80. The van der Waals surface area contributed by atoms with Crippen LogP contribution in [0.25, 0.3) is 0 Å². The highest BCUT2D eigenvalue weighted by Gasteiger charge is 2.07. The van der Waals surface area contributed by atoms with Gasteiger partial charge in [0.05, 0.1) is 6.10 Å². The van der Waals surface area contributed by atoms with Crippen molar-refractivity contribution >= 4 is 0 Å². The van der Waals surface area contributed by atoms with E-state index in [1.165, 1.54) is 0 Å². The highest BCUT2D eigenvalue weighted by molar-refractivity contribution is 5.20. The van der Waals surface area contributed by atoms with Gasteiger partial charge < -0.3 is 15.6 Å². The highest BCUT2D eigenvalue weighted by Crippen LogP contribution is 2.11. The van der Waals surface area contributed by atoms with Gasteiger partial charge in [0.1, 0.15) is 12.4 Å². The smallest absolute Gasteiger partial charge is 0.119 e. The highest BCUT2D eigenvalue weighted by atomic mass is 16.5. The van der Waals surface area contributed by atoms with Crippen LogP contribution in [-0.4, -0.2) is 24.4 Å². The van der Waals surface area contributed by atoms with Crippen molar-refractivity contribution in [3.63, 3.8) is 0 Å². The molecule has 0 fully saturated rings. The Morgan fingerprint density at radius 1 is 1.25 bits per heavy atom. The zero-order valence-electron chi connectivity index (χ0n) is 9.80. The summed E-state index contributed by atoms with van der Waals surface area (Å²) >= 11 is 0. The first kappa shape index (κ1) is 13.0. The number of rotatable bonds is 7. The van der Waals surface area contributed by atoms with Crippen molar-refractivity contribution in [1.82, 2.24) is 0 Å². The van der Waals surface area contributed by atoms with Crippen LogP contribution < -0.4 is 10.5 Å². The van der Waals surface area contributed by atoms with E-state index in [0.717, 1.165) is 18.6 Å². The van der Waals surface area contributed by atoms with Crippen molar-refractivity contribution in [3.8, 4) is 5.75 Å². The fraction of sp³-hybridized carbons (Fsp3) is 0.538. The van der Waals surface area contributed by atoms with Gasteiger partial charge in [-0.3, -0.25) is 0 Å². The Kier molecular flexibility index (Phi) is 5.90. The quantitative estimate of drug-likeness (QED) is 0.741. The van der Waals surface area contributed by atoms with Crippen LogP contribution in [0.4, 0.5) is 0 Å². The van der Waals surface area contributed by atoms with E-state index < -0.39 is 6.10 Å². The Balaban J connectivity index is 2.18. The second-order valence-electron chi connectivity index (χ2n) is 4.20. The van der Waals surface area contributed by atoms with E-state index in [1.807, 2.05) is 30.3 Å². The Labute approximate surface area is 97.2 Å². The first-order valence-corrected chi connectivity index (χ1v) is 5.78. The second kappa shape index (κ2) is 7.25. The maximum absolute atomic E-state index is 9.69. The standard InChI is InChI=1S/C13H21NO2/c1-11(9-14)7-8-12(15)10-16-13-5-3-2-4-6-13/h2-6,11-12,15H,7-10,14H2,1H3. The summed E-state index contributed by atoms with van der Waals surface area (Å²) in [7, 11) is 0. The van der Waals surface area contributed by atoms with Crippen LogP contribution in [0.1, 0.15) is 19.8 Å². The van der Waals surface area contributed by atoms with E-state index >= 15 is 0 Å². The molecule has 16 heavy (non-hydrogen) atoms. The average Bonchev–Trinajstić information content (AvgIpc) is 2.34. The van der Waals surface area contributed by atoms with Gasteiger partial charge in [0.25, 0.3) is 0 Å². The molecule has 0 spiro atoms. The Hall–Kier alpha value is -1.06. The summed E-state index contributed by atoms with van der Waals surface area (Å²) in [6.45, 7) is 3.11. The van der Waals surface area contributed by atoms with Gasteiger partial charge >= 0.3 is 0 Å². The molecule has 0 aliphatic heterocycles. The Morgan fingerprint density at radius 2 is 1.94 bits per heavy atom. The van der Waals surface area contributed by atoms with Gasteiger partial charge in [0, 0.05) is 0 Å². The van der Waals surface area contributed by atoms with E-state index in [1.54, 1.807) is 0 Å². The lowest BCUT2D eigenvalue weighted by Crippen LogP contribution is -2.20. The molecule has 0 amide bonds. The van der Waals surface area contributed by atoms with Gasteiger partial charge in [0.2, 0.25) is 0 Å². The van der Waals surface area contributed by atoms with E-state index in [0.29, 0.717) is 19.1 Å². The number of nitrogens with two attached hydrogens (primary N) is 1. The number of para-hydroxylation sites is 1. The lowest BCUT2D eigenvalue weighted by Gasteiger charge is -2.14. The normalized spacial score (nSPS) is 14.4. The first-order valence-electron chi connectivity index (χ1n) is 5.78. The summed E-state index contributed by atoms with van der Waals surface area (Å²) < 4.78 is 5.45. The molecule has 0 saturated heterocycles. The summed E-state index contributed by atoms with van der Waals surface area (Å²) in [6.07, 6.45) is 1.27. The van der Waals surface area contributed by atoms with Crippen LogP contribution in [0.15, 0.2) is 30.3 Å². The molecule has 1 aromatic carbocycles. The van der Waals surface area contributed by atoms with Crippen molar-refractivity contribution in [3.05, 3.63) is 30.3 Å². The summed E-state index contributed by atoms with van der Waals surface area (Å²) in [5, 5.41) is 9.69. The maximum Gasteiger partial charge on any atom is 0.119 e. The molecule has 90 valence electrons. The fourth-order valence-corrected chi connectivity index (χ4v) is 1.39. The molecule has 1 aromatic rings. The summed E-state index contributed by atoms with van der Waals surface area (Å²) in [4.78, 5) is 0. The minimum Gasteiger partial charge on any atom is -0.491 e. The molecule has 0 heterocycles. The van der Waals surface area contributed by atoms with Crippen molar-refractivity contribution in [2.75, 3.05) is 13.2 Å². The van der Waals surface area contributed by atoms with Crippen molar-refractivity contribution in [2.24, 2.45) is 11.7 Å².